The Morgan fingerprint density at radius 3 is 2.30 bits per heavy atom. The predicted octanol–water partition coefficient (Wildman–Crippen LogP) is 4.06. The Kier molecular flexibility index (Phi) is 5.97. The normalized spacial score (nSPS) is 32.0. The Morgan fingerprint density at radius 2 is 1.70 bits per heavy atom. The van der Waals surface area contributed by atoms with E-state index in [9.17, 15) is 21.6 Å². The minimum atomic E-state index is -3.38. The van der Waals surface area contributed by atoms with Crippen LogP contribution in [0.5, 0.6) is 0 Å². The van der Waals surface area contributed by atoms with Crippen LogP contribution >= 0.6 is 0 Å². The Balaban J connectivity index is 1.17. The van der Waals surface area contributed by atoms with Crippen LogP contribution in [-0.4, -0.2) is 68.7 Å². The Bertz CT molecular complexity index is 977. The molecule has 0 amide bonds. The largest absolute Gasteiger partial charge is 0.303 e. The zero-order chi connectivity index (χ0) is 23.4. The topological polar surface area (TPSA) is 52.7 Å². The molecule has 0 aromatic heterocycles. The lowest BCUT2D eigenvalue weighted by Gasteiger charge is -2.32. The van der Waals surface area contributed by atoms with E-state index in [0.717, 1.165) is 39.0 Å². The van der Waals surface area contributed by atoms with Crippen molar-refractivity contribution in [2.75, 3.05) is 44.0 Å². The van der Waals surface area contributed by atoms with E-state index in [0.29, 0.717) is 49.0 Å². The lowest BCUT2D eigenvalue weighted by atomic mass is 9.86. The maximum atomic E-state index is 14.9. The lowest BCUT2D eigenvalue weighted by Crippen LogP contribution is -2.40. The summed E-state index contributed by atoms with van der Waals surface area (Å²) in [5.74, 6) is -2.00. The molecule has 3 atom stereocenters. The van der Waals surface area contributed by atoms with Gasteiger partial charge in [-0.1, -0.05) is 6.92 Å². The van der Waals surface area contributed by atoms with E-state index in [1.54, 1.807) is 6.07 Å². The van der Waals surface area contributed by atoms with Crippen LogP contribution in [0.15, 0.2) is 18.2 Å². The van der Waals surface area contributed by atoms with E-state index >= 15 is 0 Å². The molecule has 2 heterocycles. The standard InChI is InChI=1S/C24H34F3N3O2S/c1-2-24(19-14-17(4-7-22(19)25)28-33(31,32)18-5-6-18)20-15-30(16-21(20)24)11-3-10-29-12-8-23(26,27)9-13-29/h4,7,14,18,20-21,28H,2-3,5-6,8-13,15-16H2,1H3/t20-,21+,24?. The van der Waals surface area contributed by atoms with Gasteiger partial charge < -0.3 is 9.80 Å². The fraction of sp³-hybridized carbons (Fsp3) is 0.750. The first-order valence-electron chi connectivity index (χ1n) is 12.3. The molecule has 2 aliphatic heterocycles. The number of hydrogen-bond donors (Lipinski definition) is 1. The SMILES string of the molecule is CCC1(c2cc(NS(=O)(=O)C3CC3)ccc2F)[C@@H]2CN(CCCN3CCC(F)(F)CC3)C[C@@H]21. The van der Waals surface area contributed by atoms with Gasteiger partial charge in [-0.25, -0.2) is 21.6 Å². The molecule has 4 aliphatic rings. The second-order valence-corrected chi connectivity index (χ2v) is 12.4. The number of anilines is 1. The van der Waals surface area contributed by atoms with Crippen molar-refractivity contribution in [2.45, 2.75) is 62.0 Å². The second-order valence-electron chi connectivity index (χ2n) is 10.5. The van der Waals surface area contributed by atoms with E-state index in [4.69, 9.17) is 0 Å². The molecule has 1 aromatic carbocycles. The van der Waals surface area contributed by atoms with Crippen LogP contribution in [0, 0.1) is 17.7 Å². The van der Waals surface area contributed by atoms with Crippen LogP contribution in [0.3, 0.4) is 0 Å². The molecule has 184 valence electrons. The van der Waals surface area contributed by atoms with Crippen molar-refractivity contribution in [2.24, 2.45) is 11.8 Å². The Hall–Kier alpha value is -1.32. The second kappa shape index (κ2) is 8.41. The maximum absolute atomic E-state index is 14.9. The zero-order valence-electron chi connectivity index (χ0n) is 19.2. The smallest absolute Gasteiger partial charge is 0.250 e. The zero-order valence-corrected chi connectivity index (χ0v) is 20.0. The average molecular weight is 486 g/mol. The van der Waals surface area contributed by atoms with Crippen LogP contribution in [0.25, 0.3) is 0 Å². The van der Waals surface area contributed by atoms with Crippen molar-refractivity contribution in [3.8, 4) is 0 Å². The molecule has 0 radical (unpaired) electrons. The molecular weight excluding hydrogens is 451 g/mol. The molecule has 5 rings (SSSR count). The minimum absolute atomic E-state index is 0.0404. The van der Waals surface area contributed by atoms with Crippen LogP contribution in [0.4, 0.5) is 18.9 Å². The van der Waals surface area contributed by atoms with Crippen LogP contribution < -0.4 is 4.72 Å². The minimum Gasteiger partial charge on any atom is -0.303 e. The first kappa shape index (κ1) is 23.4. The molecule has 5 nitrogen and oxygen atoms in total. The van der Waals surface area contributed by atoms with Gasteiger partial charge in [0.2, 0.25) is 10.0 Å². The summed E-state index contributed by atoms with van der Waals surface area (Å²) in [6.45, 7) is 6.63. The number of rotatable bonds is 9. The number of nitrogens with zero attached hydrogens (tertiary/aromatic N) is 2. The van der Waals surface area contributed by atoms with Gasteiger partial charge in [0.25, 0.3) is 5.92 Å². The van der Waals surface area contributed by atoms with E-state index in [-0.39, 0.29) is 29.3 Å². The molecule has 4 fully saturated rings. The third-order valence-electron chi connectivity index (χ3n) is 8.42. The van der Waals surface area contributed by atoms with Crippen molar-refractivity contribution in [1.29, 1.82) is 0 Å². The predicted molar refractivity (Wildman–Crippen MR) is 123 cm³/mol. The van der Waals surface area contributed by atoms with E-state index in [2.05, 4.69) is 21.4 Å². The summed E-state index contributed by atoms with van der Waals surface area (Å²) in [5.41, 5.74) is 0.880. The summed E-state index contributed by atoms with van der Waals surface area (Å²) in [7, 11) is -3.38. The van der Waals surface area contributed by atoms with Crippen molar-refractivity contribution in [1.82, 2.24) is 9.80 Å². The van der Waals surface area contributed by atoms with Gasteiger partial charge in [0.1, 0.15) is 5.82 Å². The molecule has 1 aromatic rings. The molecule has 0 spiro atoms. The number of halogens is 3. The lowest BCUT2D eigenvalue weighted by molar-refractivity contribution is -0.0553. The highest BCUT2D eigenvalue weighted by Crippen LogP contribution is 2.66. The summed E-state index contributed by atoms with van der Waals surface area (Å²) < 4.78 is 68.9. The summed E-state index contributed by atoms with van der Waals surface area (Å²) in [6, 6.07) is 4.63. The third-order valence-corrected chi connectivity index (χ3v) is 10.3. The monoisotopic (exact) mass is 485 g/mol. The van der Waals surface area contributed by atoms with Gasteiger partial charge in [0.15, 0.2) is 0 Å². The highest BCUT2D eigenvalue weighted by atomic mass is 32.2. The molecule has 2 saturated heterocycles. The van der Waals surface area contributed by atoms with E-state index < -0.39 is 15.9 Å². The number of alkyl halides is 2. The molecule has 9 heteroatoms. The van der Waals surface area contributed by atoms with Gasteiger partial charge in [0, 0.05) is 50.1 Å². The van der Waals surface area contributed by atoms with Gasteiger partial charge in [-0.15, -0.1) is 0 Å². The molecule has 0 bridgehead atoms. The Labute approximate surface area is 194 Å². The first-order chi connectivity index (χ1) is 15.6. The van der Waals surface area contributed by atoms with Gasteiger partial charge >= 0.3 is 0 Å². The van der Waals surface area contributed by atoms with Gasteiger partial charge in [-0.05, 0) is 74.4 Å². The number of fused-ring (bicyclic) bond motifs is 1. The van der Waals surface area contributed by atoms with Crippen molar-refractivity contribution in [3.05, 3.63) is 29.6 Å². The summed E-state index contributed by atoms with van der Waals surface area (Å²) in [5, 5.41) is -0.318. The van der Waals surface area contributed by atoms with Crippen LogP contribution in [0.2, 0.25) is 0 Å². The quantitative estimate of drug-likeness (QED) is 0.573. The summed E-state index contributed by atoms with van der Waals surface area (Å²) in [4.78, 5) is 4.55. The number of benzene rings is 1. The van der Waals surface area contributed by atoms with E-state index in [1.165, 1.54) is 12.1 Å². The third kappa shape index (κ3) is 4.52. The fourth-order valence-electron chi connectivity index (χ4n) is 6.31. The van der Waals surface area contributed by atoms with Crippen LogP contribution in [-0.2, 0) is 15.4 Å². The van der Waals surface area contributed by atoms with Gasteiger partial charge in [-0.3, -0.25) is 4.72 Å². The summed E-state index contributed by atoms with van der Waals surface area (Å²) >= 11 is 0. The maximum Gasteiger partial charge on any atom is 0.250 e. The first-order valence-corrected chi connectivity index (χ1v) is 13.8. The number of likely N-dealkylation sites (tertiary alicyclic amines) is 2. The fourth-order valence-corrected chi connectivity index (χ4v) is 7.68. The summed E-state index contributed by atoms with van der Waals surface area (Å²) in [6.07, 6.45) is 3.08. The van der Waals surface area contributed by atoms with Crippen molar-refractivity contribution < 1.29 is 21.6 Å². The molecular formula is C24H34F3N3O2S. The number of piperidine rings is 2. The van der Waals surface area contributed by atoms with Gasteiger partial charge in [0.05, 0.1) is 5.25 Å². The number of sulfonamides is 1. The van der Waals surface area contributed by atoms with Crippen molar-refractivity contribution >= 4 is 15.7 Å². The average Bonchev–Trinajstić information content (AvgIpc) is 3.67. The number of hydrogen-bond acceptors (Lipinski definition) is 4. The molecule has 2 aliphatic carbocycles. The highest BCUT2D eigenvalue weighted by Gasteiger charge is 2.68. The number of nitrogens with one attached hydrogen (secondary N) is 1. The molecule has 2 saturated carbocycles. The van der Waals surface area contributed by atoms with Crippen LogP contribution in [0.1, 0.15) is 51.0 Å². The Morgan fingerprint density at radius 1 is 1.06 bits per heavy atom. The molecule has 33 heavy (non-hydrogen) atoms. The van der Waals surface area contributed by atoms with E-state index in [1.807, 2.05) is 0 Å². The van der Waals surface area contributed by atoms with Crippen molar-refractivity contribution in [3.63, 3.8) is 0 Å². The highest BCUT2D eigenvalue weighted by molar-refractivity contribution is 7.93. The molecule has 1 unspecified atom stereocenters. The van der Waals surface area contributed by atoms with Gasteiger partial charge in [-0.2, -0.15) is 0 Å². The molecule has 1 N–H and O–H groups in total.